The monoisotopic (exact) mass is 440 g/mol. The van der Waals surface area contributed by atoms with Crippen LogP contribution < -0.4 is 0 Å². The Balaban J connectivity index is 2.00. The fourth-order valence-corrected chi connectivity index (χ4v) is 4.46. The van der Waals surface area contributed by atoms with Crippen LogP contribution in [0.15, 0.2) is 78.9 Å². The minimum Gasteiger partial charge on any atom is -0.481 e. The highest BCUT2D eigenvalue weighted by Gasteiger charge is 2.39. The predicted octanol–water partition coefficient (Wildman–Crippen LogP) is 7.13. The standard InChI is InChI=1S/C30H32O3/c1-29(2,3)23-18-12-17-22-26(23)24(20-13-8-6-9-14-20)25(21-15-10-7-11-16-21)27(22)33-19-30(4,5)28(31)32/h6-18,27H,19H2,1-5H3,(H,31,32). The van der Waals surface area contributed by atoms with Crippen molar-refractivity contribution in [3.63, 3.8) is 0 Å². The highest BCUT2D eigenvalue weighted by Crippen LogP contribution is 2.53. The summed E-state index contributed by atoms with van der Waals surface area (Å²) >= 11 is 0. The van der Waals surface area contributed by atoms with Gasteiger partial charge in [-0.25, -0.2) is 0 Å². The number of rotatable bonds is 6. The van der Waals surface area contributed by atoms with Crippen LogP contribution in [0.25, 0.3) is 11.1 Å². The van der Waals surface area contributed by atoms with E-state index in [9.17, 15) is 9.90 Å². The lowest BCUT2D eigenvalue weighted by molar-refractivity contribution is -0.151. The molecule has 3 aromatic carbocycles. The zero-order valence-electron chi connectivity index (χ0n) is 20.1. The largest absolute Gasteiger partial charge is 0.481 e. The van der Waals surface area contributed by atoms with Gasteiger partial charge >= 0.3 is 5.97 Å². The molecule has 3 nitrogen and oxygen atoms in total. The van der Waals surface area contributed by atoms with Crippen molar-refractivity contribution in [2.24, 2.45) is 5.41 Å². The van der Waals surface area contributed by atoms with E-state index in [1.807, 2.05) is 24.3 Å². The third-order valence-electron chi connectivity index (χ3n) is 6.31. The van der Waals surface area contributed by atoms with Gasteiger partial charge in [0.2, 0.25) is 0 Å². The van der Waals surface area contributed by atoms with Crippen molar-refractivity contribution in [3.8, 4) is 0 Å². The number of carbonyl (C=O) groups is 1. The summed E-state index contributed by atoms with van der Waals surface area (Å²) in [6.07, 6.45) is -0.349. The molecule has 1 N–H and O–H groups in total. The van der Waals surface area contributed by atoms with Crippen molar-refractivity contribution in [3.05, 3.63) is 107 Å². The molecule has 170 valence electrons. The van der Waals surface area contributed by atoms with E-state index in [0.29, 0.717) is 0 Å². The molecule has 1 aliphatic rings. The molecule has 0 spiro atoms. The number of hydrogen-bond donors (Lipinski definition) is 1. The lowest BCUT2D eigenvalue weighted by Gasteiger charge is -2.26. The lowest BCUT2D eigenvalue weighted by Crippen LogP contribution is -2.30. The van der Waals surface area contributed by atoms with E-state index >= 15 is 0 Å². The molecule has 4 rings (SSSR count). The Morgan fingerprint density at radius 3 is 1.94 bits per heavy atom. The molecule has 1 aliphatic carbocycles. The van der Waals surface area contributed by atoms with Gasteiger partial charge in [0, 0.05) is 5.57 Å². The predicted molar refractivity (Wildman–Crippen MR) is 134 cm³/mol. The summed E-state index contributed by atoms with van der Waals surface area (Å²) in [6, 6.07) is 27.2. The maximum absolute atomic E-state index is 11.8. The molecule has 0 saturated carbocycles. The second-order valence-electron chi connectivity index (χ2n) is 10.4. The van der Waals surface area contributed by atoms with Gasteiger partial charge in [-0.1, -0.05) is 99.6 Å². The maximum atomic E-state index is 11.8. The van der Waals surface area contributed by atoms with Gasteiger partial charge in [-0.05, 0) is 52.7 Å². The maximum Gasteiger partial charge on any atom is 0.311 e. The van der Waals surface area contributed by atoms with Crippen LogP contribution in [0, 0.1) is 5.41 Å². The first-order valence-electron chi connectivity index (χ1n) is 11.4. The first-order chi connectivity index (χ1) is 15.6. The molecule has 33 heavy (non-hydrogen) atoms. The third kappa shape index (κ3) is 4.38. The zero-order valence-corrected chi connectivity index (χ0v) is 20.1. The number of carboxylic acids is 1. The average Bonchev–Trinajstić information content (AvgIpc) is 3.12. The Labute approximate surface area is 196 Å². The molecule has 3 heteroatoms. The van der Waals surface area contributed by atoms with Crippen molar-refractivity contribution < 1.29 is 14.6 Å². The van der Waals surface area contributed by atoms with Crippen molar-refractivity contribution in [2.75, 3.05) is 6.61 Å². The van der Waals surface area contributed by atoms with Crippen molar-refractivity contribution in [2.45, 2.75) is 46.1 Å². The quantitative estimate of drug-likeness (QED) is 0.444. The SMILES string of the molecule is CC(C)(COC1C(c2ccccc2)=C(c2ccccc2)c2c1cccc2C(C)(C)C)C(=O)O. The number of fused-ring (bicyclic) bond motifs is 1. The molecule has 1 unspecified atom stereocenters. The molecule has 0 aliphatic heterocycles. The van der Waals surface area contributed by atoms with E-state index in [2.05, 4.69) is 75.4 Å². The van der Waals surface area contributed by atoms with Gasteiger partial charge in [0.15, 0.2) is 0 Å². The molecule has 0 fully saturated rings. The molecular formula is C30H32O3. The fourth-order valence-electron chi connectivity index (χ4n) is 4.46. The highest BCUT2D eigenvalue weighted by molar-refractivity contribution is 6.06. The third-order valence-corrected chi connectivity index (χ3v) is 6.31. The van der Waals surface area contributed by atoms with Crippen LogP contribution in [-0.2, 0) is 14.9 Å². The average molecular weight is 441 g/mol. The molecule has 0 saturated heterocycles. The number of benzene rings is 3. The highest BCUT2D eigenvalue weighted by atomic mass is 16.5. The molecular weight excluding hydrogens is 408 g/mol. The first kappa shape index (κ1) is 23.0. The van der Waals surface area contributed by atoms with E-state index < -0.39 is 11.4 Å². The molecule has 0 radical (unpaired) electrons. The van der Waals surface area contributed by atoms with Crippen LogP contribution in [-0.4, -0.2) is 17.7 Å². The summed E-state index contributed by atoms with van der Waals surface area (Å²) in [5.41, 5.74) is 6.99. The minimum atomic E-state index is -0.987. The topological polar surface area (TPSA) is 46.5 Å². The van der Waals surface area contributed by atoms with Crippen LogP contribution in [0.2, 0.25) is 0 Å². The van der Waals surface area contributed by atoms with Gasteiger partial charge in [0.05, 0.1) is 12.0 Å². The molecule has 0 amide bonds. The summed E-state index contributed by atoms with van der Waals surface area (Å²) in [7, 11) is 0. The van der Waals surface area contributed by atoms with Crippen LogP contribution in [0.4, 0.5) is 0 Å². The van der Waals surface area contributed by atoms with Crippen molar-refractivity contribution in [1.29, 1.82) is 0 Å². The van der Waals surface area contributed by atoms with E-state index in [1.54, 1.807) is 13.8 Å². The number of carboxylic acid groups (broad SMARTS) is 1. The van der Waals surface area contributed by atoms with Crippen LogP contribution in [0.1, 0.15) is 68.5 Å². The summed E-state index contributed by atoms with van der Waals surface area (Å²) in [5.74, 6) is -0.863. The molecule has 3 aromatic rings. The summed E-state index contributed by atoms with van der Waals surface area (Å²) in [5, 5.41) is 9.68. The van der Waals surface area contributed by atoms with Crippen molar-refractivity contribution >= 4 is 17.1 Å². The van der Waals surface area contributed by atoms with Gasteiger partial charge < -0.3 is 9.84 Å². The minimum absolute atomic E-state index is 0.0671. The van der Waals surface area contributed by atoms with Crippen LogP contribution in [0.5, 0.6) is 0 Å². The van der Waals surface area contributed by atoms with Gasteiger partial charge in [-0.3, -0.25) is 4.79 Å². The van der Waals surface area contributed by atoms with E-state index in [-0.39, 0.29) is 18.1 Å². The molecule has 0 aromatic heterocycles. The summed E-state index contributed by atoms with van der Waals surface area (Å²) in [6.45, 7) is 10.2. The second kappa shape index (κ2) is 8.64. The van der Waals surface area contributed by atoms with Gasteiger partial charge in [-0.2, -0.15) is 0 Å². The Kier molecular flexibility index (Phi) is 6.02. The van der Waals surface area contributed by atoms with Crippen LogP contribution in [0.3, 0.4) is 0 Å². The Bertz CT molecular complexity index is 1180. The van der Waals surface area contributed by atoms with Gasteiger partial charge in [-0.15, -0.1) is 0 Å². The van der Waals surface area contributed by atoms with E-state index in [4.69, 9.17) is 4.74 Å². The normalized spacial score (nSPS) is 16.1. The number of ether oxygens (including phenoxy) is 1. The molecule has 0 bridgehead atoms. The Morgan fingerprint density at radius 2 is 1.39 bits per heavy atom. The van der Waals surface area contributed by atoms with Gasteiger partial charge in [0.25, 0.3) is 0 Å². The Morgan fingerprint density at radius 1 is 0.818 bits per heavy atom. The zero-order chi connectivity index (χ0) is 23.8. The first-order valence-corrected chi connectivity index (χ1v) is 11.4. The second-order valence-corrected chi connectivity index (χ2v) is 10.4. The number of aliphatic carboxylic acids is 1. The fraction of sp³-hybridized carbons (Fsp3) is 0.300. The van der Waals surface area contributed by atoms with Crippen LogP contribution >= 0.6 is 0 Å². The van der Waals surface area contributed by atoms with Crippen molar-refractivity contribution in [1.82, 2.24) is 0 Å². The Hall–Kier alpha value is -3.17. The summed E-state index contributed by atoms with van der Waals surface area (Å²) in [4.78, 5) is 11.8. The smallest absolute Gasteiger partial charge is 0.311 e. The lowest BCUT2D eigenvalue weighted by atomic mass is 9.80. The van der Waals surface area contributed by atoms with Gasteiger partial charge in [0.1, 0.15) is 6.10 Å². The van der Waals surface area contributed by atoms with E-state index in [0.717, 1.165) is 22.3 Å². The summed E-state index contributed by atoms with van der Waals surface area (Å²) < 4.78 is 6.50. The number of hydrogen-bond acceptors (Lipinski definition) is 2. The molecule has 0 heterocycles. The van der Waals surface area contributed by atoms with E-state index in [1.165, 1.54) is 16.7 Å². The molecule has 1 atom stereocenters.